The van der Waals surface area contributed by atoms with Gasteiger partial charge in [-0.15, -0.1) is 0 Å². The van der Waals surface area contributed by atoms with Crippen LogP contribution >= 0.6 is 0 Å². The summed E-state index contributed by atoms with van der Waals surface area (Å²) < 4.78 is 0. The lowest BCUT2D eigenvalue weighted by Crippen LogP contribution is -2.16. The Labute approximate surface area is 149 Å². The third kappa shape index (κ3) is 3.38. The maximum absolute atomic E-state index is 4.97. The van der Waals surface area contributed by atoms with Crippen LogP contribution < -0.4 is 10.6 Å². The van der Waals surface area contributed by atoms with Crippen molar-refractivity contribution in [2.24, 2.45) is 0 Å². The van der Waals surface area contributed by atoms with Crippen LogP contribution in [0.2, 0.25) is 0 Å². The topological polar surface area (TPSA) is 62.7 Å². The molecule has 0 aromatic carbocycles. The Morgan fingerprint density at radius 1 is 1.24 bits per heavy atom. The fourth-order valence-electron chi connectivity index (χ4n) is 3.97. The molecule has 1 aliphatic carbocycles. The van der Waals surface area contributed by atoms with E-state index in [2.05, 4.69) is 35.5 Å². The Morgan fingerprint density at radius 3 is 2.84 bits per heavy atom. The second kappa shape index (κ2) is 7.08. The monoisotopic (exact) mass is 337 g/mol. The number of hydrogen-bond acceptors (Lipinski definition) is 5. The summed E-state index contributed by atoms with van der Waals surface area (Å²) in [7, 11) is 0. The van der Waals surface area contributed by atoms with Crippen LogP contribution in [0.25, 0.3) is 0 Å². The highest BCUT2D eigenvalue weighted by atomic mass is 15.1. The molecule has 2 aromatic rings. The molecule has 5 nitrogen and oxygen atoms in total. The van der Waals surface area contributed by atoms with Crippen LogP contribution in [0.4, 0.5) is 5.82 Å². The van der Waals surface area contributed by atoms with Gasteiger partial charge in [0.2, 0.25) is 0 Å². The average molecular weight is 337 g/mol. The van der Waals surface area contributed by atoms with Gasteiger partial charge in [0.1, 0.15) is 11.6 Å². The number of rotatable bonds is 5. The van der Waals surface area contributed by atoms with E-state index in [0.717, 1.165) is 36.8 Å². The third-order valence-corrected chi connectivity index (χ3v) is 5.44. The first-order chi connectivity index (χ1) is 12.2. The van der Waals surface area contributed by atoms with E-state index in [1.54, 1.807) is 0 Å². The molecule has 2 N–H and O–H groups in total. The maximum Gasteiger partial charge on any atom is 0.135 e. The van der Waals surface area contributed by atoms with E-state index in [0.29, 0.717) is 5.92 Å². The van der Waals surface area contributed by atoms with Crippen LogP contribution in [-0.2, 0) is 13.1 Å². The van der Waals surface area contributed by atoms with Crippen LogP contribution in [0.3, 0.4) is 0 Å². The summed E-state index contributed by atoms with van der Waals surface area (Å²) >= 11 is 0. The van der Waals surface area contributed by atoms with Crippen LogP contribution in [0.1, 0.15) is 79.3 Å². The van der Waals surface area contributed by atoms with Gasteiger partial charge in [0.05, 0.1) is 17.4 Å². The number of aromatic nitrogens is 3. The van der Waals surface area contributed by atoms with Crippen LogP contribution in [0, 0.1) is 6.92 Å². The van der Waals surface area contributed by atoms with E-state index >= 15 is 0 Å². The van der Waals surface area contributed by atoms with Crippen molar-refractivity contribution in [3.8, 4) is 0 Å². The molecule has 0 bridgehead atoms. The van der Waals surface area contributed by atoms with E-state index in [1.807, 2.05) is 12.3 Å². The molecule has 1 saturated carbocycles. The Kier molecular flexibility index (Phi) is 4.66. The number of fused-ring (bicyclic) bond motifs is 1. The zero-order chi connectivity index (χ0) is 17.2. The number of hydrogen-bond donors (Lipinski definition) is 2. The summed E-state index contributed by atoms with van der Waals surface area (Å²) in [5.41, 5.74) is 4.73. The first kappa shape index (κ1) is 16.5. The third-order valence-electron chi connectivity index (χ3n) is 5.44. The highest BCUT2D eigenvalue weighted by Crippen LogP contribution is 2.35. The predicted octanol–water partition coefficient (Wildman–Crippen LogP) is 4.00. The number of anilines is 1. The molecule has 0 amide bonds. The number of aryl methyl sites for hydroxylation is 1. The number of nitrogens with zero attached hydrogens (tertiary/aromatic N) is 3. The lowest BCUT2D eigenvalue weighted by molar-refractivity contribution is 0.655. The molecule has 1 atom stereocenters. The van der Waals surface area contributed by atoms with Crippen molar-refractivity contribution >= 4 is 5.82 Å². The summed E-state index contributed by atoms with van der Waals surface area (Å²) in [5, 5.41) is 7.11. The average Bonchev–Trinajstić information content (AvgIpc) is 3.30. The van der Waals surface area contributed by atoms with Gasteiger partial charge in [-0.1, -0.05) is 19.8 Å². The number of nitrogens with one attached hydrogen (secondary N) is 2. The molecule has 1 fully saturated rings. The van der Waals surface area contributed by atoms with Crippen molar-refractivity contribution in [2.75, 3.05) is 5.32 Å². The quantitative estimate of drug-likeness (QED) is 0.863. The van der Waals surface area contributed by atoms with E-state index in [9.17, 15) is 0 Å². The van der Waals surface area contributed by atoms with E-state index < -0.39 is 0 Å². The summed E-state index contributed by atoms with van der Waals surface area (Å²) in [6.45, 7) is 6.01. The minimum Gasteiger partial charge on any atom is -0.361 e. The van der Waals surface area contributed by atoms with Gasteiger partial charge in [0, 0.05) is 30.8 Å². The van der Waals surface area contributed by atoms with E-state index in [-0.39, 0.29) is 6.04 Å². The normalized spacial score (nSPS) is 18.3. The minimum atomic E-state index is 0.177. The Hall–Kier alpha value is -2.01. The Morgan fingerprint density at radius 2 is 2.08 bits per heavy atom. The van der Waals surface area contributed by atoms with Crippen molar-refractivity contribution in [1.29, 1.82) is 0 Å². The molecule has 0 radical (unpaired) electrons. The first-order valence-electron chi connectivity index (χ1n) is 9.54. The molecule has 0 spiro atoms. The molecule has 2 aliphatic rings. The zero-order valence-corrected chi connectivity index (χ0v) is 15.2. The van der Waals surface area contributed by atoms with Crippen LogP contribution in [-0.4, -0.2) is 15.0 Å². The molecule has 25 heavy (non-hydrogen) atoms. The van der Waals surface area contributed by atoms with Gasteiger partial charge in [-0.25, -0.2) is 9.97 Å². The molecule has 3 heterocycles. The minimum absolute atomic E-state index is 0.177. The van der Waals surface area contributed by atoms with Crippen LogP contribution in [0.5, 0.6) is 0 Å². The van der Waals surface area contributed by atoms with Gasteiger partial charge >= 0.3 is 0 Å². The van der Waals surface area contributed by atoms with Crippen molar-refractivity contribution in [2.45, 2.75) is 71.0 Å². The predicted molar refractivity (Wildman–Crippen MR) is 99.4 cm³/mol. The second-order valence-corrected chi connectivity index (χ2v) is 7.30. The molecule has 0 unspecified atom stereocenters. The van der Waals surface area contributed by atoms with Crippen LogP contribution in [0.15, 0.2) is 18.3 Å². The first-order valence-corrected chi connectivity index (χ1v) is 9.54. The maximum atomic E-state index is 4.97. The molecule has 2 aromatic heterocycles. The zero-order valence-electron chi connectivity index (χ0n) is 15.2. The Bertz CT molecular complexity index is 752. The molecule has 1 aliphatic heterocycles. The molecule has 5 heteroatoms. The molecular weight excluding hydrogens is 310 g/mol. The van der Waals surface area contributed by atoms with Gasteiger partial charge in [0.15, 0.2) is 0 Å². The van der Waals surface area contributed by atoms with E-state index in [1.165, 1.54) is 42.5 Å². The smallest absolute Gasteiger partial charge is 0.135 e. The molecule has 4 rings (SSSR count). The van der Waals surface area contributed by atoms with Gasteiger partial charge in [-0.3, -0.25) is 4.98 Å². The summed E-state index contributed by atoms with van der Waals surface area (Å²) in [5.74, 6) is 2.57. The van der Waals surface area contributed by atoms with Gasteiger partial charge in [-0.05, 0) is 43.9 Å². The lowest BCUT2D eigenvalue weighted by Gasteiger charge is -2.20. The van der Waals surface area contributed by atoms with Gasteiger partial charge in [0.25, 0.3) is 0 Å². The molecule has 0 saturated heterocycles. The highest BCUT2D eigenvalue weighted by molar-refractivity contribution is 5.50. The fraction of sp³-hybridized carbons (Fsp3) is 0.550. The second-order valence-electron chi connectivity index (χ2n) is 7.30. The summed E-state index contributed by atoms with van der Waals surface area (Å²) in [4.78, 5) is 14.4. The van der Waals surface area contributed by atoms with Crippen molar-refractivity contribution in [1.82, 2.24) is 20.3 Å². The van der Waals surface area contributed by atoms with Gasteiger partial charge < -0.3 is 10.6 Å². The summed E-state index contributed by atoms with van der Waals surface area (Å²) in [6, 6.07) is 4.38. The highest BCUT2D eigenvalue weighted by Gasteiger charge is 2.26. The van der Waals surface area contributed by atoms with Crippen molar-refractivity contribution in [3.05, 3.63) is 46.7 Å². The number of pyridine rings is 1. The fourth-order valence-corrected chi connectivity index (χ4v) is 3.97. The SMILES string of the molecule is CC[C@H](Nc1nc(C2CCCC2)nc2c1CNC2)c1cc(C)ccn1. The largest absolute Gasteiger partial charge is 0.361 e. The Balaban J connectivity index is 1.66. The van der Waals surface area contributed by atoms with Crippen molar-refractivity contribution < 1.29 is 0 Å². The van der Waals surface area contributed by atoms with Crippen molar-refractivity contribution in [3.63, 3.8) is 0 Å². The molecular formula is C20H27N5. The molecule has 132 valence electrons. The lowest BCUT2D eigenvalue weighted by atomic mass is 10.1. The van der Waals surface area contributed by atoms with Gasteiger partial charge in [-0.2, -0.15) is 0 Å². The standard InChI is InChI=1S/C20H27N5/c1-3-16(17-10-13(2)8-9-22-17)23-20-15-11-21-12-18(15)24-19(25-20)14-6-4-5-7-14/h8-10,14,16,21H,3-7,11-12H2,1-2H3,(H,23,24,25)/t16-/m0/s1. The van der Waals surface area contributed by atoms with E-state index in [4.69, 9.17) is 9.97 Å². The summed E-state index contributed by atoms with van der Waals surface area (Å²) in [6.07, 6.45) is 7.92.